The first kappa shape index (κ1) is 19.5. The number of rotatable bonds is 6. The summed E-state index contributed by atoms with van der Waals surface area (Å²) >= 11 is 6.10. The quantitative estimate of drug-likeness (QED) is 0.799. The van der Waals surface area contributed by atoms with Crippen LogP contribution in [0.25, 0.3) is 0 Å². The summed E-state index contributed by atoms with van der Waals surface area (Å²) < 4.78 is 0. The van der Waals surface area contributed by atoms with E-state index in [0.29, 0.717) is 6.54 Å². The van der Waals surface area contributed by atoms with Gasteiger partial charge in [-0.05, 0) is 38.5 Å². The van der Waals surface area contributed by atoms with Crippen LogP contribution in [0.1, 0.15) is 19.4 Å². The molecule has 0 radical (unpaired) electrons. The van der Waals surface area contributed by atoms with Crippen LogP contribution < -0.4 is 15.5 Å². The van der Waals surface area contributed by atoms with Crippen LogP contribution in [-0.2, 0) is 9.59 Å². The number of halogens is 1. The van der Waals surface area contributed by atoms with E-state index in [-0.39, 0.29) is 24.4 Å². The predicted octanol–water partition coefficient (Wildman–Crippen LogP) is 1.41. The van der Waals surface area contributed by atoms with Gasteiger partial charge in [-0.3, -0.25) is 14.5 Å². The first-order valence-corrected chi connectivity index (χ1v) is 9.02. The fourth-order valence-corrected chi connectivity index (χ4v) is 3.05. The molecule has 138 valence electrons. The Labute approximate surface area is 154 Å². The van der Waals surface area contributed by atoms with Crippen LogP contribution in [0.4, 0.5) is 5.69 Å². The maximum atomic E-state index is 12.0. The zero-order chi connectivity index (χ0) is 18.4. The Bertz CT molecular complexity index is 613. The highest BCUT2D eigenvalue weighted by Crippen LogP contribution is 2.25. The Morgan fingerprint density at radius 2 is 1.84 bits per heavy atom. The van der Waals surface area contributed by atoms with Crippen LogP contribution >= 0.6 is 11.6 Å². The van der Waals surface area contributed by atoms with Gasteiger partial charge in [-0.2, -0.15) is 0 Å². The Kier molecular flexibility index (Phi) is 7.08. The summed E-state index contributed by atoms with van der Waals surface area (Å²) in [5.41, 5.74) is 2.36. The van der Waals surface area contributed by atoms with Crippen molar-refractivity contribution >= 4 is 29.1 Å². The Balaban J connectivity index is 1.75. The number of nitrogens with one attached hydrogen (secondary N) is 2. The van der Waals surface area contributed by atoms with Gasteiger partial charge in [0, 0.05) is 42.9 Å². The van der Waals surface area contributed by atoms with Crippen molar-refractivity contribution in [2.24, 2.45) is 0 Å². The fourth-order valence-electron chi connectivity index (χ4n) is 2.88. The summed E-state index contributed by atoms with van der Waals surface area (Å²) in [6.07, 6.45) is 0. The van der Waals surface area contributed by atoms with Crippen LogP contribution in [0.3, 0.4) is 0 Å². The molecule has 1 aromatic carbocycles. The number of nitrogens with zero attached hydrogens (tertiary/aromatic N) is 2. The number of amides is 2. The molecule has 2 N–H and O–H groups in total. The number of hydrogen-bond acceptors (Lipinski definition) is 4. The average Bonchev–Trinajstić information content (AvgIpc) is 2.55. The van der Waals surface area contributed by atoms with Crippen LogP contribution in [0.15, 0.2) is 18.2 Å². The van der Waals surface area contributed by atoms with Gasteiger partial charge in [-0.1, -0.05) is 17.7 Å². The second kappa shape index (κ2) is 9.06. The summed E-state index contributed by atoms with van der Waals surface area (Å²) in [4.78, 5) is 27.9. The van der Waals surface area contributed by atoms with Crippen LogP contribution in [0.5, 0.6) is 0 Å². The third kappa shape index (κ3) is 6.21. The third-order valence-corrected chi connectivity index (χ3v) is 4.38. The van der Waals surface area contributed by atoms with E-state index in [1.165, 1.54) is 5.56 Å². The Hall–Kier alpha value is -1.79. The minimum Gasteiger partial charge on any atom is -0.369 e. The fraction of sp³-hybridized carbons (Fsp3) is 0.556. The number of hydrogen-bond donors (Lipinski definition) is 2. The molecule has 0 spiro atoms. The molecule has 0 bridgehead atoms. The molecule has 1 aliphatic heterocycles. The molecule has 1 fully saturated rings. The van der Waals surface area contributed by atoms with E-state index in [9.17, 15) is 9.59 Å². The molecule has 0 saturated carbocycles. The highest BCUT2D eigenvalue weighted by molar-refractivity contribution is 6.30. The molecule has 0 atom stereocenters. The Morgan fingerprint density at radius 1 is 1.16 bits per heavy atom. The molecule has 1 aromatic rings. The number of carbonyl (C=O) groups excluding carboxylic acids is 2. The van der Waals surface area contributed by atoms with E-state index in [2.05, 4.69) is 27.4 Å². The van der Waals surface area contributed by atoms with Gasteiger partial charge in [0.15, 0.2) is 0 Å². The lowest BCUT2D eigenvalue weighted by atomic mass is 10.1. The maximum absolute atomic E-state index is 12.0. The zero-order valence-corrected chi connectivity index (χ0v) is 15.9. The molecule has 0 unspecified atom stereocenters. The second-order valence-electron chi connectivity index (χ2n) is 6.69. The lowest BCUT2D eigenvalue weighted by Crippen LogP contribution is -2.50. The lowest BCUT2D eigenvalue weighted by molar-refractivity contribution is -0.127. The van der Waals surface area contributed by atoms with Crippen molar-refractivity contribution in [3.8, 4) is 0 Å². The van der Waals surface area contributed by atoms with Crippen molar-refractivity contribution in [1.82, 2.24) is 15.5 Å². The number of carbonyl (C=O) groups is 2. The summed E-state index contributed by atoms with van der Waals surface area (Å²) in [5, 5.41) is 6.16. The highest BCUT2D eigenvalue weighted by atomic mass is 35.5. The van der Waals surface area contributed by atoms with Crippen molar-refractivity contribution in [1.29, 1.82) is 0 Å². The van der Waals surface area contributed by atoms with E-state index in [0.717, 1.165) is 36.9 Å². The summed E-state index contributed by atoms with van der Waals surface area (Å²) in [6, 6.07) is 6.00. The number of benzene rings is 1. The molecular formula is C18H27ClN4O2. The summed E-state index contributed by atoms with van der Waals surface area (Å²) in [7, 11) is 0. The SMILES string of the molecule is Cc1ccc(Cl)cc1N1CCN(CC(=O)NCC(=O)NC(C)C)CC1. The molecule has 2 rings (SSSR count). The third-order valence-electron chi connectivity index (χ3n) is 4.15. The number of piperazine rings is 1. The average molecular weight is 367 g/mol. The van der Waals surface area contributed by atoms with E-state index < -0.39 is 0 Å². The molecule has 0 aliphatic carbocycles. The molecule has 2 amide bonds. The van der Waals surface area contributed by atoms with Gasteiger partial charge in [0.25, 0.3) is 0 Å². The largest absolute Gasteiger partial charge is 0.369 e. The van der Waals surface area contributed by atoms with Crippen molar-refractivity contribution in [3.05, 3.63) is 28.8 Å². The van der Waals surface area contributed by atoms with Crippen LogP contribution in [0.2, 0.25) is 5.02 Å². The topological polar surface area (TPSA) is 64.7 Å². The van der Waals surface area contributed by atoms with Gasteiger partial charge in [0.05, 0.1) is 13.1 Å². The van der Waals surface area contributed by atoms with Crippen LogP contribution in [-0.4, -0.2) is 62.0 Å². The monoisotopic (exact) mass is 366 g/mol. The second-order valence-corrected chi connectivity index (χ2v) is 7.13. The first-order valence-electron chi connectivity index (χ1n) is 8.64. The molecular weight excluding hydrogens is 340 g/mol. The van der Waals surface area contributed by atoms with Gasteiger partial charge in [0.2, 0.25) is 11.8 Å². The predicted molar refractivity (Wildman–Crippen MR) is 101 cm³/mol. The Morgan fingerprint density at radius 3 is 2.48 bits per heavy atom. The first-order chi connectivity index (χ1) is 11.8. The molecule has 1 aliphatic rings. The van der Waals surface area contributed by atoms with Gasteiger partial charge < -0.3 is 15.5 Å². The van der Waals surface area contributed by atoms with E-state index in [1.807, 2.05) is 32.0 Å². The van der Waals surface area contributed by atoms with Crippen molar-refractivity contribution in [2.75, 3.05) is 44.2 Å². The normalized spacial score (nSPS) is 15.3. The number of aryl methyl sites for hydroxylation is 1. The maximum Gasteiger partial charge on any atom is 0.239 e. The summed E-state index contributed by atoms with van der Waals surface area (Å²) in [6.45, 7) is 9.51. The molecule has 25 heavy (non-hydrogen) atoms. The van der Waals surface area contributed by atoms with Crippen molar-refractivity contribution in [2.45, 2.75) is 26.8 Å². The summed E-state index contributed by atoms with van der Waals surface area (Å²) in [5.74, 6) is -0.282. The minimum atomic E-state index is -0.162. The van der Waals surface area contributed by atoms with Crippen LogP contribution in [0, 0.1) is 6.92 Å². The highest BCUT2D eigenvalue weighted by Gasteiger charge is 2.20. The minimum absolute atomic E-state index is 0.0265. The van der Waals surface area contributed by atoms with E-state index in [4.69, 9.17) is 11.6 Å². The molecule has 1 heterocycles. The molecule has 7 heteroatoms. The zero-order valence-electron chi connectivity index (χ0n) is 15.1. The van der Waals surface area contributed by atoms with Gasteiger partial charge in [0.1, 0.15) is 0 Å². The van der Waals surface area contributed by atoms with E-state index >= 15 is 0 Å². The number of anilines is 1. The van der Waals surface area contributed by atoms with Gasteiger partial charge in [-0.25, -0.2) is 0 Å². The van der Waals surface area contributed by atoms with Crippen molar-refractivity contribution < 1.29 is 9.59 Å². The standard InChI is InChI=1S/C18H27ClN4O2/c1-13(2)21-17(24)11-20-18(25)12-22-6-8-23(9-7-22)16-10-15(19)5-4-14(16)3/h4-5,10,13H,6-9,11-12H2,1-3H3,(H,20,25)(H,21,24). The smallest absolute Gasteiger partial charge is 0.239 e. The van der Waals surface area contributed by atoms with E-state index in [1.54, 1.807) is 0 Å². The van der Waals surface area contributed by atoms with Crippen molar-refractivity contribution in [3.63, 3.8) is 0 Å². The molecule has 6 nitrogen and oxygen atoms in total. The molecule has 1 saturated heterocycles. The molecule has 0 aromatic heterocycles. The van der Waals surface area contributed by atoms with Gasteiger partial charge >= 0.3 is 0 Å². The van der Waals surface area contributed by atoms with Gasteiger partial charge in [-0.15, -0.1) is 0 Å². The lowest BCUT2D eigenvalue weighted by Gasteiger charge is -2.36.